The number of rotatable bonds is 5. The highest BCUT2D eigenvalue weighted by molar-refractivity contribution is 7.90. The fourth-order valence-electron chi connectivity index (χ4n) is 0.546. The summed E-state index contributed by atoms with van der Waals surface area (Å²) >= 11 is 0. The predicted molar refractivity (Wildman–Crippen MR) is 49.6 cm³/mol. The summed E-state index contributed by atoms with van der Waals surface area (Å²) in [7, 11) is -3.24. The Morgan fingerprint density at radius 1 is 1.38 bits per heavy atom. The molecule has 7 heteroatoms. The summed E-state index contributed by atoms with van der Waals surface area (Å²) in [4.78, 5) is 10.2. The number of carbonyl (C=O) groups is 1. The molecule has 0 aliphatic carbocycles. The molecule has 0 rings (SSSR count). The number of amides is 2. The summed E-state index contributed by atoms with van der Waals surface area (Å²) in [6.45, 7) is 3.50. The summed E-state index contributed by atoms with van der Waals surface area (Å²) in [5.74, 6) is 0. The SMILES string of the molecule is CC(C)S(=O)(=O)NCCNC(N)=O. The van der Waals surface area contributed by atoms with E-state index in [0.29, 0.717) is 0 Å². The molecule has 0 atom stereocenters. The average Bonchev–Trinajstić information content (AvgIpc) is 1.97. The molecule has 0 saturated heterocycles. The number of carbonyl (C=O) groups excluding carboxylic acids is 1. The van der Waals surface area contributed by atoms with E-state index < -0.39 is 21.3 Å². The van der Waals surface area contributed by atoms with E-state index in [-0.39, 0.29) is 13.1 Å². The quantitative estimate of drug-likeness (QED) is 0.505. The Labute approximate surface area is 77.9 Å². The lowest BCUT2D eigenvalue weighted by molar-refractivity contribution is 0.249. The van der Waals surface area contributed by atoms with E-state index in [1.165, 1.54) is 0 Å². The molecule has 0 fully saturated rings. The van der Waals surface area contributed by atoms with Crippen molar-refractivity contribution in [3.8, 4) is 0 Å². The van der Waals surface area contributed by atoms with E-state index in [0.717, 1.165) is 0 Å². The van der Waals surface area contributed by atoms with Gasteiger partial charge in [0.1, 0.15) is 0 Å². The van der Waals surface area contributed by atoms with Crippen LogP contribution in [0.3, 0.4) is 0 Å². The van der Waals surface area contributed by atoms with Crippen LogP contribution in [-0.4, -0.2) is 32.8 Å². The van der Waals surface area contributed by atoms with Crippen molar-refractivity contribution in [2.24, 2.45) is 5.73 Å². The molecule has 6 nitrogen and oxygen atoms in total. The molecule has 0 aromatic heterocycles. The highest BCUT2D eigenvalue weighted by Gasteiger charge is 2.13. The van der Waals surface area contributed by atoms with Gasteiger partial charge in [-0.1, -0.05) is 0 Å². The Hall–Kier alpha value is -0.820. The summed E-state index contributed by atoms with van der Waals surface area (Å²) in [5, 5.41) is 1.80. The minimum absolute atomic E-state index is 0.156. The number of sulfonamides is 1. The van der Waals surface area contributed by atoms with E-state index in [9.17, 15) is 13.2 Å². The zero-order chi connectivity index (χ0) is 10.5. The number of urea groups is 1. The maximum Gasteiger partial charge on any atom is 0.312 e. The molecule has 78 valence electrons. The number of nitrogens with two attached hydrogens (primary N) is 1. The van der Waals surface area contributed by atoms with Gasteiger partial charge in [-0.15, -0.1) is 0 Å². The van der Waals surface area contributed by atoms with Gasteiger partial charge in [-0.3, -0.25) is 0 Å². The van der Waals surface area contributed by atoms with Crippen molar-refractivity contribution in [2.75, 3.05) is 13.1 Å². The van der Waals surface area contributed by atoms with Crippen LogP contribution in [0.5, 0.6) is 0 Å². The van der Waals surface area contributed by atoms with Crippen LogP contribution in [0.25, 0.3) is 0 Å². The summed E-state index contributed by atoms with van der Waals surface area (Å²) in [6, 6.07) is -0.663. The van der Waals surface area contributed by atoms with Crippen LogP contribution >= 0.6 is 0 Å². The van der Waals surface area contributed by atoms with Gasteiger partial charge in [0.2, 0.25) is 10.0 Å². The first-order chi connectivity index (χ1) is 5.86. The fraction of sp³-hybridized carbons (Fsp3) is 0.833. The normalized spacial score (nSPS) is 11.6. The minimum atomic E-state index is -3.24. The Kier molecular flexibility index (Phi) is 4.71. The lowest BCUT2D eigenvalue weighted by Crippen LogP contribution is -2.39. The van der Waals surface area contributed by atoms with Crippen molar-refractivity contribution < 1.29 is 13.2 Å². The second-order valence-electron chi connectivity index (χ2n) is 2.78. The molecule has 0 aliphatic heterocycles. The van der Waals surface area contributed by atoms with E-state index in [4.69, 9.17) is 5.73 Å². The molecule has 0 aliphatic rings. The monoisotopic (exact) mass is 209 g/mol. The van der Waals surface area contributed by atoms with E-state index in [1.807, 2.05) is 0 Å². The van der Waals surface area contributed by atoms with Crippen LogP contribution < -0.4 is 15.8 Å². The molecule has 4 N–H and O–H groups in total. The van der Waals surface area contributed by atoms with Gasteiger partial charge in [0.25, 0.3) is 0 Å². The van der Waals surface area contributed by atoms with Gasteiger partial charge in [-0.05, 0) is 13.8 Å². The second-order valence-corrected chi connectivity index (χ2v) is 5.10. The Morgan fingerprint density at radius 3 is 2.31 bits per heavy atom. The van der Waals surface area contributed by atoms with Gasteiger partial charge < -0.3 is 11.1 Å². The summed E-state index contributed by atoms with van der Waals surface area (Å²) < 4.78 is 24.6. The minimum Gasteiger partial charge on any atom is -0.352 e. The Morgan fingerprint density at radius 2 is 1.92 bits per heavy atom. The first kappa shape index (κ1) is 12.2. The molecular weight excluding hydrogens is 194 g/mol. The van der Waals surface area contributed by atoms with E-state index in [1.54, 1.807) is 13.8 Å². The standard InChI is InChI=1S/C6H15N3O3S/c1-5(2)13(11,12)9-4-3-8-6(7)10/h5,9H,3-4H2,1-2H3,(H3,7,8,10). The van der Waals surface area contributed by atoms with Gasteiger partial charge in [0, 0.05) is 13.1 Å². The summed E-state index contributed by atoms with van der Waals surface area (Å²) in [6.07, 6.45) is 0. The van der Waals surface area contributed by atoms with E-state index >= 15 is 0 Å². The van der Waals surface area contributed by atoms with Crippen LogP contribution in [-0.2, 0) is 10.0 Å². The van der Waals surface area contributed by atoms with Crippen LogP contribution in [0.2, 0.25) is 0 Å². The number of nitrogens with one attached hydrogen (secondary N) is 2. The predicted octanol–water partition coefficient (Wildman–Crippen LogP) is -1.02. The largest absolute Gasteiger partial charge is 0.352 e. The molecule has 0 radical (unpaired) electrons. The molecular formula is C6H15N3O3S. The maximum atomic E-state index is 11.1. The van der Waals surface area contributed by atoms with Crippen molar-refractivity contribution in [3.05, 3.63) is 0 Å². The zero-order valence-electron chi connectivity index (χ0n) is 7.70. The molecule has 0 bridgehead atoms. The van der Waals surface area contributed by atoms with Crippen molar-refractivity contribution in [3.63, 3.8) is 0 Å². The lowest BCUT2D eigenvalue weighted by Gasteiger charge is -2.08. The Bertz CT molecular complexity index is 260. The van der Waals surface area contributed by atoms with Crippen molar-refractivity contribution >= 4 is 16.1 Å². The first-order valence-corrected chi connectivity index (χ1v) is 5.42. The fourth-order valence-corrected chi connectivity index (χ4v) is 1.27. The molecule has 2 amide bonds. The number of hydrogen-bond donors (Lipinski definition) is 3. The van der Waals surface area contributed by atoms with Crippen molar-refractivity contribution in [1.82, 2.24) is 10.0 Å². The van der Waals surface area contributed by atoms with Crippen molar-refractivity contribution in [1.29, 1.82) is 0 Å². The first-order valence-electron chi connectivity index (χ1n) is 3.88. The average molecular weight is 209 g/mol. The highest BCUT2D eigenvalue weighted by atomic mass is 32.2. The third kappa shape index (κ3) is 5.42. The van der Waals surface area contributed by atoms with Crippen LogP contribution in [0, 0.1) is 0 Å². The van der Waals surface area contributed by atoms with Crippen LogP contribution in [0.4, 0.5) is 4.79 Å². The molecule has 0 spiro atoms. The van der Waals surface area contributed by atoms with Gasteiger partial charge in [0.15, 0.2) is 0 Å². The lowest BCUT2D eigenvalue weighted by atomic mass is 10.6. The smallest absolute Gasteiger partial charge is 0.312 e. The van der Waals surface area contributed by atoms with Gasteiger partial charge >= 0.3 is 6.03 Å². The molecule has 0 unspecified atom stereocenters. The summed E-state index contributed by atoms with van der Waals surface area (Å²) in [5.41, 5.74) is 4.77. The molecule has 13 heavy (non-hydrogen) atoms. The van der Waals surface area contributed by atoms with Gasteiger partial charge in [-0.25, -0.2) is 17.9 Å². The number of hydrogen-bond acceptors (Lipinski definition) is 3. The molecule has 0 heterocycles. The highest BCUT2D eigenvalue weighted by Crippen LogP contribution is 1.93. The molecule has 0 aromatic rings. The van der Waals surface area contributed by atoms with Crippen LogP contribution in [0.1, 0.15) is 13.8 Å². The maximum absolute atomic E-state index is 11.1. The molecule has 0 saturated carbocycles. The van der Waals surface area contributed by atoms with Gasteiger partial charge in [0.05, 0.1) is 5.25 Å². The Balaban J connectivity index is 3.72. The zero-order valence-corrected chi connectivity index (χ0v) is 8.52. The van der Waals surface area contributed by atoms with Gasteiger partial charge in [-0.2, -0.15) is 0 Å². The van der Waals surface area contributed by atoms with Crippen LogP contribution in [0.15, 0.2) is 0 Å². The van der Waals surface area contributed by atoms with Crippen molar-refractivity contribution in [2.45, 2.75) is 19.1 Å². The third-order valence-electron chi connectivity index (χ3n) is 1.35. The number of primary amides is 1. The molecule has 0 aromatic carbocycles. The second kappa shape index (κ2) is 5.03. The topological polar surface area (TPSA) is 101 Å². The third-order valence-corrected chi connectivity index (χ3v) is 3.20. The van der Waals surface area contributed by atoms with E-state index in [2.05, 4.69) is 10.0 Å².